The molecule has 0 atom stereocenters. The fourth-order valence-electron chi connectivity index (χ4n) is 0.316. The van der Waals surface area contributed by atoms with Crippen LogP contribution < -0.4 is 11.1 Å². The molecule has 0 fully saturated rings. The zero-order chi connectivity index (χ0) is 11.3. The Balaban J connectivity index is -0.000000131. The molecule has 0 rings (SSSR count). The molecule has 0 amide bonds. The van der Waals surface area contributed by atoms with E-state index in [1.54, 1.807) is 0 Å². The number of hydrogen-bond donors (Lipinski definition) is 2. The van der Waals surface area contributed by atoms with E-state index in [0.717, 1.165) is 13.2 Å². The monoisotopic (exact) mass is 192 g/mol. The maximum absolute atomic E-state index is 4.50. The molecule has 0 saturated heterocycles. The Labute approximate surface area is 84.1 Å². The molecular formula is C9H28N4. The highest BCUT2D eigenvalue weighted by Gasteiger charge is 1.77. The van der Waals surface area contributed by atoms with Crippen LogP contribution in [-0.2, 0) is 0 Å². The van der Waals surface area contributed by atoms with E-state index in [-0.39, 0.29) is 0 Å². The molecule has 13 heavy (non-hydrogen) atoms. The number of hydrogen-bond acceptors (Lipinski definition) is 4. The first-order chi connectivity index (χ1) is 6.04. The van der Waals surface area contributed by atoms with Crippen LogP contribution >= 0.6 is 0 Å². The summed E-state index contributed by atoms with van der Waals surface area (Å²) >= 11 is 0. The van der Waals surface area contributed by atoms with Crippen LogP contribution in [0, 0.1) is 0 Å². The Morgan fingerprint density at radius 2 is 1.31 bits per heavy atom. The lowest BCUT2D eigenvalue weighted by Crippen LogP contribution is -2.24. The summed E-state index contributed by atoms with van der Waals surface area (Å²) in [5, 5.41) is 2.99. The molecule has 4 heteroatoms. The molecule has 0 spiro atoms. The summed E-state index contributed by atoms with van der Waals surface area (Å²) in [6.45, 7) is 4.22. The van der Waals surface area contributed by atoms with Gasteiger partial charge in [0, 0.05) is 6.67 Å². The third-order valence-corrected chi connectivity index (χ3v) is 1.11. The molecule has 0 heterocycles. The SMILES string of the molecule is CCN(C)C.CN.CNCN(C)C. The molecule has 4 nitrogen and oxygen atoms in total. The van der Waals surface area contributed by atoms with E-state index in [0.29, 0.717) is 0 Å². The summed E-state index contributed by atoms with van der Waals surface area (Å²) in [6, 6.07) is 0. The van der Waals surface area contributed by atoms with Crippen LogP contribution in [0.2, 0.25) is 0 Å². The van der Waals surface area contributed by atoms with Gasteiger partial charge >= 0.3 is 0 Å². The number of rotatable bonds is 3. The Bertz CT molecular complexity index is 64.6. The zero-order valence-electron chi connectivity index (χ0n) is 10.4. The highest BCUT2D eigenvalue weighted by molar-refractivity contribution is 4.30. The summed E-state index contributed by atoms with van der Waals surface area (Å²) in [7, 11) is 11.6. The first kappa shape index (κ1) is 18.6. The Morgan fingerprint density at radius 3 is 1.31 bits per heavy atom. The van der Waals surface area contributed by atoms with Gasteiger partial charge in [-0.2, -0.15) is 0 Å². The molecule has 0 bridgehead atoms. The van der Waals surface area contributed by atoms with Gasteiger partial charge < -0.3 is 16.0 Å². The first-order valence-electron chi connectivity index (χ1n) is 4.56. The Hall–Kier alpha value is -0.160. The van der Waals surface area contributed by atoms with Crippen molar-refractivity contribution in [3.8, 4) is 0 Å². The van der Waals surface area contributed by atoms with Crippen molar-refractivity contribution in [3.63, 3.8) is 0 Å². The summed E-state index contributed by atoms with van der Waals surface area (Å²) in [5.41, 5.74) is 4.50. The second-order valence-corrected chi connectivity index (χ2v) is 2.99. The van der Waals surface area contributed by atoms with Gasteiger partial charge in [-0.3, -0.25) is 4.90 Å². The van der Waals surface area contributed by atoms with Crippen LogP contribution in [-0.4, -0.2) is 65.3 Å². The lowest BCUT2D eigenvalue weighted by molar-refractivity contribution is 0.385. The highest BCUT2D eigenvalue weighted by Crippen LogP contribution is 1.63. The van der Waals surface area contributed by atoms with Gasteiger partial charge in [-0.1, -0.05) is 6.92 Å². The van der Waals surface area contributed by atoms with E-state index in [1.165, 1.54) is 7.05 Å². The third kappa shape index (κ3) is 48.9. The van der Waals surface area contributed by atoms with Crippen molar-refractivity contribution in [1.82, 2.24) is 15.1 Å². The summed E-state index contributed by atoms with van der Waals surface area (Å²) in [4.78, 5) is 4.19. The lowest BCUT2D eigenvalue weighted by Gasteiger charge is -2.05. The molecule has 0 aliphatic heterocycles. The molecule has 0 aliphatic carbocycles. The molecular weight excluding hydrogens is 164 g/mol. The maximum atomic E-state index is 4.50. The van der Waals surface area contributed by atoms with Crippen LogP contribution in [0.1, 0.15) is 6.92 Å². The van der Waals surface area contributed by atoms with Crippen molar-refractivity contribution in [1.29, 1.82) is 0 Å². The minimum Gasteiger partial charge on any atom is -0.333 e. The normalized spacial score (nSPS) is 8.77. The molecule has 3 N–H and O–H groups in total. The number of nitrogens with zero attached hydrogens (tertiary/aromatic N) is 2. The smallest absolute Gasteiger partial charge is 0.0472 e. The molecule has 0 aromatic rings. The predicted octanol–water partition coefficient (Wildman–Crippen LogP) is -0.132. The van der Waals surface area contributed by atoms with Crippen LogP contribution in [0.25, 0.3) is 0 Å². The number of nitrogens with two attached hydrogens (primary N) is 1. The minimum atomic E-state index is 0.958. The first-order valence-corrected chi connectivity index (χ1v) is 4.56. The van der Waals surface area contributed by atoms with E-state index in [9.17, 15) is 0 Å². The van der Waals surface area contributed by atoms with Gasteiger partial charge in [0.15, 0.2) is 0 Å². The van der Waals surface area contributed by atoms with Crippen LogP contribution in [0.5, 0.6) is 0 Å². The Kier molecular flexibility index (Phi) is 25.5. The van der Waals surface area contributed by atoms with E-state index in [2.05, 4.69) is 41.9 Å². The summed E-state index contributed by atoms with van der Waals surface area (Å²) < 4.78 is 0. The van der Waals surface area contributed by atoms with E-state index >= 15 is 0 Å². The quantitative estimate of drug-likeness (QED) is 0.611. The lowest BCUT2D eigenvalue weighted by atomic mass is 10.7. The molecule has 0 aromatic heterocycles. The van der Waals surface area contributed by atoms with E-state index in [4.69, 9.17) is 0 Å². The van der Waals surface area contributed by atoms with Gasteiger partial charge in [0.1, 0.15) is 0 Å². The van der Waals surface area contributed by atoms with Crippen LogP contribution in [0.3, 0.4) is 0 Å². The van der Waals surface area contributed by atoms with Crippen molar-refractivity contribution < 1.29 is 0 Å². The fraction of sp³-hybridized carbons (Fsp3) is 1.00. The Morgan fingerprint density at radius 1 is 1.00 bits per heavy atom. The van der Waals surface area contributed by atoms with Gasteiger partial charge in [-0.25, -0.2) is 0 Å². The highest BCUT2D eigenvalue weighted by atomic mass is 15.2. The minimum absolute atomic E-state index is 0.958. The van der Waals surface area contributed by atoms with Gasteiger partial charge in [0.25, 0.3) is 0 Å². The molecule has 0 aromatic carbocycles. The molecule has 0 radical (unpaired) electrons. The van der Waals surface area contributed by atoms with Gasteiger partial charge in [-0.05, 0) is 48.8 Å². The third-order valence-electron chi connectivity index (χ3n) is 1.11. The maximum Gasteiger partial charge on any atom is 0.0472 e. The summed E-state index contributed by atoms with van der Waals surface area (Å²) in [6.07, 6.45) is 0. The largest absolute Gasteiger partial charge is 0.333 e. The zero-order valence-corrected chi connectivity index (χ0v) is 10.4. The molecule has 0 unspecified atom stereocenters. The van der Waals surface area contributed by atoms with Crippen molar-refractivity contribution in [2.24, 2.45) is 5.73 Å². The van der Waals surface area contributed by atoms with Gasteiger partial charge in [0.2, 0.25) is 0 Å². The number of nitrogens with one attached hydrogen (secondary N) is 1. The van der Waals surface area contributed by atoms with Gasteiger partial charge in [-0.15, -0.1) is 0 Å². The van der Waals surface area contributed by atoms with Crippen molar-refractivity contribution in [3.05, 3.63) is 0 Å². The predicted molar refractivity (Wildman–Crippen MR) is 62.0 cm³/mol. The van der Waals surface area contributed by atoms with Crippen LogP contribution in [0.4, 0.5) is 0 Å². The van der Waals surface area contributed by atoms with Gasteiger partial charge in [0.05, 0.1) is 0 Å². The van der Waals surface area contributed by atoms with Crippen molar-refractivity contribution in [2.75, 3.05) is 55.5 Å². The second kappa shape index (κ2) is 17.8. The van der Waals surface area contributed by atoms with Crippen molar-refractivity contribution >= 4 is 0 Å². The van der Waals surface area contributed by atoms with Crippen molar-refractivity contribution in [2.45, 2.75) is 6.92 Å². The van der Waals surface area contributed by atoms with E-state index in [1.807, 2.05) is 21.1 Å². The second-order valence-electron chi connectivity index (χ2n) is 2.99. The topological polar surface area (TPSA) is 44.5 Å². The molecule has 0 aliphatic rings. The molecule has 0 saturated carbocycles. The van der Waals surface area contributed by atoms with E-state index < -0.39 is 0 Å². The standard InChI is InChI=1S/C4H12N2.C4H11N.CH5N/c1-5-4-6(2)3;1-4-5(2)3;1-2/h5H,4H2,1-3H3;4H2,1-3H3;2H2,1H3. The fourth-order valence-corrected chi connectivity index (χ4v) is 0.316. The van der Waals surface area contributed by atoms with Crippen LogP contribution in [0.15, 0.2) is 0 Å². The summed E-state index contributed by atoms with van der Waals surface area (Å²) in [5.74, 6) is 0. The molecule has 84 valence electrons. The average molecular weight is 192 g/mol. The average Bonchev–Trinajstić information content (AvgIpc) is 2.09.